The van der Waals surface area contributed by atoms with Crippen molar-refractivity contribution in [2.24, 2.45) is 7.05 Å². The average Bonchev–Trinajstić information content (AvgIpc) is 3.58. The second-order valence-electron chi connectivity index (χ2n) is 9.44. The Morgan fingerprint density at radius 3 is 2.74 bits per heavy atom. The first kappa shape index (κ1) is 21.9. The van der Waals surface area contributed by atoms with E-state index in [1.165, 1.54) is 0 Å². The molecule has 1 saturated carbocycles. The number of ether oxygens (including phenoxy) is 1. The molecule has 0 atom stereocenters. The van der Waals surface area contributed by atoms with E-state index >= 15 is 0 Å². The van der Waals surface area contributed by atoms with Gasteiger partial charge in [0.1, 0.15) is 23.2 Å². The number of nitriles is 1. The van der Waals surface area contributed by atoms with Crippen LogP contribution in [0.3, 0.4) is 0 Å². The number of aromatic amines is 1. The molecule has 0 saturated heterocycles. The van der Waals surface area contributed by atoms with Gasteiger partial charge in [0.05, 0.1) is 29.9 Å². The molecule has 4 heterocycles. The van der Waals surface area contributed by atoms with Crippen LogP contribution in [-0.4, -0.2) is 42.8 Å². The Morgan fingerprint density at radius 2 is 2.06 bits per heavy atom. The smallest absolute Gasteiger partial charge is 0.236 e. The van der Waals surface area contributed by atoms with Gasteiger partial charge in [-0.2, -0.15) is 20.6 Å². The standard InChI is InChI=1S/C24H29N9O/c1-24(2,15-25)32-13-16(10-29-32)23-20-12-27-22(26-3)9-21(20)33(30-23)17-5-7-18(8-6-17)34-19-11-28-31(4)14-19/h9-14,17-18H,5-8H2,1-4H3,(H,26,27,30)/p+1. The van der Waals surface area contributed by atoms with Crippen molar-refractivity contribution >= 4 is 16.7 Å². The zero-order chi connectivity index (χ0) is 23.9. The first-order valence-corrected chi connectivity index (χ1v) is 11.6. The number of rotatable bonds is 6. The lowest BCUT2D eigenvalue weighted by molar-refractivity contribution is -0.726. The van der Waals surface area contributed by atoms with E-state index in [9.17, 15) is 5.26 Å². The van der Waals surface area contributed by atoms with Gasteiger partial charge in [0.2, 0.25) is 11.9 Å². The van der Waals surface area contributed by atoms with Crippen molar-refractivity contribution in [3.05, 3.63) is 37.1 Å². The molecule has 1 fully saturated rings. The van der Waals surface area contributed by atoms with Crippen LogP contribution in [0.2, 0.25) is 0 Å². The molecule has 4 aromatic heterocycles. The van der Waals surface area contributed by atoms with E-state index in [4.69, 9.17) is 9.84 Å². The number of aromatic nitrogens is 7. The molecule has 2 N–H and O–H groups in total. The highest BCUT2D eigenvalue weighted by Gasteiger charge is 2.28. The number of hydrogen-bond acceptors (Lipinski definition) is 6. The Bertz CT molecular complexity index is 1350. The lowest BCUT2D eigenvalue weighted by atomic mass is 9.93. The van der Waals surface area contributed by atoms with Crippen molar-refractivity contribution in [1.82, 2.24) is 29.6 Å². The quantitative estimate of drug-likeness (QED) is 0.427. The maximum atomic E-state index is 9.49. The number of hydrogen-bond donors (Lipinski definition) is 2. The molecule has 4 aromatic rings. The third-order valence-electron chi connectivity index (χ3n) is 6.57. The Kier molecular flexibility index (Phi) is 5.48. The summed E-state index contributed by atoms with van der Waals surface area (Å²) in [6.45, 7) is 3.68. The summed E-state index contributed by atoms with van der Waals surface area (Å²) in [4.78, 5) is 4.53. The van der Waals surface area contributed by atoms with Crippen molar-refractivity contribution in [2.45, 2.75) is 57.2 Å². The predicted molar refractivity (Wildman–Crippen MR) is 127 cm³/mol. The lowest BCUT2D eigenvalue weighted by Gasteiger charge is -2.29. The SMILES string of the molecule is CNc1cc2c(cn1)c(-c1cnn(C(C)(C)C#N)c1)nn2C1CCC(Oc2c[nH][n+](C)c2)CC1. The zero-order valence-electron chi connectivity index (χ0n) is 20.0. The van der Waals surface area contributed by atoms with Crippen LogP contribution >= 0.6 is 0 Å². The molecular weight excluding hydrogens is 430 g/mol. The molecule has 1 aliphatic carbocycles. The molecule has 0 spiro atoms. The Hall–Kier alpha value is -3.87. The van der Waals surface area contributed by atoms with E-state index in [2.05, 4.69) is 37.3 Å². The molecule has 10 heteroatoms. The van der Waals surface area contributed by atoms with Crippen molar-refractivity contribution in [1.29, 1.82) is 5.26 Å². The van der Waals surface area contributed by atoms with Gasteiger partial charge in [0.25, 0.3) is 0 Å². The van der Waals surface area contributed by atoms with E-state index in [-0.39, 0.29) is 12.1 Å². The lowest BCUT2D eigenvalue weighted by Crippen LogP contribution is -2.28. The minimum absolute atomic E-state index is 0.203. The van der Waals surface area contributed by atoms with Crippen LogP contribution in [0.25, 0.3) is 22.2 Å². The second kappa shape index (κ2) is 8.48. The van der Waals surface area contributed by atoms with Crippen molar-refractivity contribution in [3.63, 3.8) is 0 Å². The van der Waals surface area contributed by atoms with Crippen LogP contribution in [0.1, 0.15) is 45.6 Å². The number of H-pyrrole nitrogens is 1. The molecule has 10 nitrogen and oxygen atoms in total. The molecule has 34 heavy (non-hydrogen) atoms. The zero-order valence-corrected chi connectivity index (χ0v) is 20.0. The summed E-state index contributed by atoms with van der Waals surface area (Å²) in [5.74, 6) is 1.68. The predicted octanol–water partition coefficient (Wildman–Crippen LogP) is 3.31. The fraction of sp³-hybridized carbons (Fsp3) is 0.458. The maximum absolute atomic E-state index is 9.49. The molecule has 5 rings (SSSR count). The minimum Gasteiger partial charge on any atom is -0.483 e. The molecular formula is C24H30N9O+. The number of fused-ring (bicyclic) bond motifs is 1. The summed E-state index contributed by atoms with van der Waals surface area (Å²) >= 11 is 0. The topological polar surface area (TPSA) is 113 Å². The molecule has 1 aliphatic rings. The Balaban J connectivity index is 1.44. The summed E-state index contributed by atoms with van der Waals surface area (Å²) in [5.41, 5.74) is 2.03. The molecule has 176 valence electrons. The van der Waals surface area contributed by atoms with Crippen molar-refractivity contribution < 1.29 is 9.42 Å². The molecule has 0 bridgehead atoms. The van der Waals surface area contributed by atoms with Gasteiger partial charge in [-0.05, 0) is 39.5 Å². The highest BCUT2D eigenvalue weighted by molar-refractivity contribution is 5.93. The number of aryl methyl sites for hydroxylation is 1. The van der Waals surface area contributed by atoms with Gasteiger partial charge in [-0.25, -0.2) is 4.98 Å². The van der Waals surface area contributed by atoms with Crippen LogP contribution in [0.15, 0.2) is 37.1 Å². The van der Waals surface area contributed by atoms with Crippen LogP contribution in [0.5, 0.6) is 5.75 Å². The van der Waals surface area contributed by atoms with E-state index in [0.29, 0.717) is 0 Å². The van der Waals surface area contributed by atoms with Gasteiger partial charge in [-0.1, -0.05) is 0 Å². The fourth-order valence-electron chi connectivity index (χ4n) is 4.56. The fourth-order valence-corrected chi connectivity index (χ4v) is 4.56. The third-order valence-corrected chi connectivity index (χ3v) is 6.57. The summed E-state index contributed by atoms with van der Waals surface area (Å²) in [6, 6.07) is 4.62. The van der Waals surface area contributed by atoms with Crippen molar-refractivity contribution in [3.8, 4) is 23.1 Å². The van der Waals surface area contributed by atoms with Gasteiger partial charge in [-0.3, -0.25) is 9.36 Å². The van der Waals surface area contributed by atoms with Gasteiger partial charge in [0, 0.05) is 36.5 Å². The number of nitrogens with zero attached hydrogens (tertiary/aromatic N) is 7. The highest BCUT2D eigenvalue weighted by Crippen LogP contribution is 2.36. The second-order valence-corrected chi connectivity index (χ2v) is 9.44. The first-order valence-electron chi connectivity index (χ1n) is 11.6. The molecule has 0 aromatic carbocycles. The summed E-state index contributed by atoms with van der Waals surface area (Å²) in [7, 11) is 3.82. The van der Waals surface area contributed by atoms with E-state index in [1.54, 1.807) is 10.9 Å². The van der Waals surface area contributed by atoms with Crippen LogP contribution in [0, 0.1) is 11.3 Å². The molecule has 0 aliphatic heterocycles. The van der Waals surface area contributed by atoms with E-state index in [1.807, 2.05) is 57.4 Å². The largest absolute Gasteiger partial charge is 0.483 e. The summed E-state index contributed by atoms with van der Waals surface area (Å²) in [6.07, 6.45) is 13.5. The van der Waals surface area contributed by atoms with Gasteiger partial charge >= 0.3 is 0 Å². The van der Waals surface area contributed by atoms with Crippen molar-refractivity contribution in [2.75, 3.05) is 12.4 Å². The normalized spacial score (nSPS) is 18.7. The molecule has 0 amide bonds. The number of nitrogens with one attached hydrogen (secondary N) is 2. The summed E-state index contributed by atoms with van der Waals surface area (Å²) < 4.78 is 11.9. The van der Waals surface area contributed by atoms with E-state index < -0.39 is 5.54 Å². The van der Waals surface area contributed by atoms with E-state index in [0.717, 1.165) is 59.4 Å². The van der Waals surface area contributed by atoms with Crippen LogP contribution in [0.4, 0.5) is 5.82 Å². The Morgan fingerprint density at radius 1 is 1.26 bits per heavy atom. The molecule has 0 unspecified atom stereocenters. The summed E-state index contributed by atoms with van der Waals surface area (Å²) in [5, 5.41) is 26.2. The first-order chi connectivity index (χ1) is 16.4. The molecule has 0 radical (unpaired) electrons. The number of anilines is 1. The van der Waals surface area contributed by atoms with Gasteiger partial charge < -0.3 is 10.1 Å². The maximum Gasteiger partial charge on any atom is 0.236 e. The minimum atomic E-state index is -0.733. The van der Waals surface area contributed by atoms with Gasteiger partial charge in [0.15, 0.2) is 7.05 Å². The highest BCUT2D eigenvalue weighted by atomic mass is 16.5. The third kappa shape index (κ3) is 3.98. The van der Waals surface area contributed by atoms with Crippen LogP contribution in [-0.2, 0) is 12.6 Å². The Labute approximate surface area is 198 Å². The average molecular weight is 461 g/mol. The van der Waals surface area contributed by atoms with Crippen LogP contribution < -0.4 is 14.7 Å². The number of pyridine rings is 1. The monoisotopic (exact) mass is 460 g/mol. The van der Waals surface area contributed by atoms with Gasteiger partial charge in [-0.15, -0.1) is 4.68 Å².